The van der Waals surface area contributed by atoms with Crippen LogP contribution in [0.25, 0.3) is 0 Å². The maximum atomic E-state index is 11.0. The van der Waals surface area contributed by atoms with Crippen LogP contribution in [0.3, 0.4) is 0 Å². The Hall–Kier alpha value is -0.280. The van der Waals surface area contributed by atoms with E-state index in [9.17, 15) is 4.79 Å². The molecule has 1 saturated heterocycles. The normalized spacial score (nSPS) is 38.2. The summed E-state index contributed by atoms with van der Waals surface area (Å²) in [4.78, 5) is 13.4. The van der Waals surface area contributed by atoms with Crippen molar-refractivity contribution in [2.24, 2.45) is 0 Å². The molecular formula is C10H15NOS. The minimum atomic E-state index is 0.258. The number of rotatable bonds is 1. The van der Waals surface area contributed by atoms with Gasteiger partial charge in [-0.05, 0) is 19.9 Å². The lowest BCUT2D eigenvalue weighted by atomic mass is 10.0. The van der Waals surface area contributed by atoms with Gasteiger partial charge in [0.05, 0.1) is 0 Å². The molecule has 0 radical (unpaired) electrons. The topological polar surface area (TPSA) is 20.3 Å². The van der Waals surface area contributed by atoms with Gasteiger partial charge in [0.15, 0.2) is 5.12 Å². The highest BCUT2D eigenvalue weighted by molar-refractivity contribution is 8.14. The summed E-state index contributed by atoms with van der Waals surface area (Å²) in [5.41, 5.74) is 0. The summed E-state index contributed by atoms with van der Waals surface area (Å²) in [5, 5.41) is 0.799. The molecule has 1 fully saturated rings. The molecule has 2 aliphatic rings. The van der Waals surface area contributed by atoms with E-state index >= 15 is 0 Å². The smallest absolute Gasteiger partial charge is 0.186 e. The average Bonchev–Trinajstić information content (AvgIpc) is 2.33. The lowest BCUT2D eigenvalue weighted by Gasteiger charge is -2.35. The fraction of sp³-hybridized carbons (Fsp3) is 0.700. The van der Waals surface area contributed by atoms with Gasteiger partial charge in [-0.25, -0.2) is 0 Å². The molecule has 13 heavy (non-hydrogen) atoms. The highest BCUT2D eigenvalue weighted by Crippen LogP contribution is 2.35. The first-order chi connectivity index (χ1) is 6.16. The predicted molar refractivity (Wildman–Crippen MR) is 55.8 cm³/mol. The quantitative estimate of drug-likeness (QED) is 0.596. The lowest BCUT2D eigenvalue weighted by molar-refractivity contribution is -0.109. The number of carbonyl (C=O) groups excluding carboxylic acids is 1. The Balaban J connectivity index is 1.97. The van der Waals surface area contributed by atoms with Gasteiger partial charge in [0, 0.05) is 24.3 Å². The highest BCUT2D eigenvalue weighted by Gasteiger charge is 2.35. The molecule has 2 rings (SSSR count). The molecule has 0 amide bonds. The number of carbonyl (C=O) groups is 1. The molecular weight excluding hydrogens is 182 g/mol. The monoisotopic (exact) mass is 197 g/mol. The molecule has 0 aliphatic carbocycles. The van der Waals surface area contributed by atoms with Crippen LogP contribution in [0.1, 0.15) is 19.8 Å². The SMILES string of the molecule is CC(=O)SC1CC2C=CC(C1)N2C. The standard InChI is InChI=1S/C10H15NOS/c1-7(12)13-10-5-8-3-4-9(6-10)11(8)2/h3-4,8-10H,5-6H2,1-2H3. The van der Waals surface area contributed by atoms with Crippen LogP contribution < -0.4 is 0 Å². The summed E-state index contributed by atoms with van der Waals surface area (Å²) < 4.78 is 0. The maximum absolute atomic E-state index is 11.0. The summed E-state index contributed by atoms with van der Waals surface area (Å²) in [6, 6.07) is 1.16. The third-order valence-electron chi connectivity index (χ3n) is 2.94. The van der Waals surface area contributed by atoms with Gasteiger partial charge in [0.1, 0.15) is 0 Å². The molecule has 2 unspecified atom stereocenters. The first kappa shape index (κ1) is 9.28. The van der Waals surface area contributed by atoms with Crippen LogP contribution >= 0.6 is 11.8 Å². The van der Waals surface area contributed by atoms with E-state index in [1.54, 1.807) is 6.92 Å². The predicted octanol–water partition coefficient (Wildman–Crippen LogP) is 1.67. The van der Waals surface area contributed by atoms with Crippen LogP contribution in [-0.4, -0.2) is 34.4 Å². The van der Waals surface area contributed by atoms with Gasteiger partial charge >= 0.3 is 0 Å². The second-order valence-electron chi connectivity index (χ2n) is 3.89. The zero-order valence-electron chi connectivity index (χ0n) is 8.06. The first-order valence-electron chi connectivity index (χ1n) is 4.74. The van der Waals surface area contributed by atoms with E-state index in [1.165, 1.54) is 11.8 Å². The number of piperidine rings is 1. The Morgan fingerprint density at radius 2 is 1.92 bits per heavy atom. The van der Waals surface area contributed by atoms with E-state index in [1.807, 2.05) is 0 Å². The summed E-state index contributed by atoms with van der Waals surface area (Å²) in [7, 11) is 2.17. The molecule has 2 heterocycles. The fourth-order valence-electron chi connectivity index (χ4n) is 2.23. The Morgan fingerprint density at radius 3 is 2.38 bits per heavy atom. The molecule has 0 saturated carbocycles. The van der Waals surface area contributed by atoms with Crippen LogP contribution in [0, 0.1) is 0 Å². The Morgan fingerprint density at radius 1 is 1.38 bits per heavy atom. The zero-order chi connectivity index (χ0) is 9.42. The lowest BCUT2D eigenvalue weighted by Crippen LogP contribution is -2.42. The van der Waals surface area contributed by atoms with Gasteiger partial charge in [0.2, 0.25) is 0 Å². The highest BCUT2D eigenvalue weighted by atomic mass is 32.2. The van der Waals surface area contributed by atoms with Crippen molar-refractivity contribution in [1.29, 1.82) is 0 Å². The second kappa shape index (κ2) is 3.46. The Labute approximate surface area is 83.4 Å². The van der Waals surface area contributed by atoms with Crippen LogP contribution in [0.4, 0.5) is 0 Å². The number of hydrogen-bond acceptors (Lipinski definition) is 3. The third kappa shape index (κ3) is 1.81. The van der Waals surface area contributed by atoms with Gasteiger partial charge < -0.3 is 0 Å². The molecule has 2 aliphatic heterocycles. The minimum absolute atomic E-state index is 0.258. The summed E-state index contributed by atoms with van der Waals surface area (Å²) in [6.45, 7) is 1.66. The van der Waals surface area contributed by atoms with Gasteiger partial charge in [0.25, 0.3) is 0 Å². The second-order valence-corrected chi connectivity index (χ2v) is 5.37. The molecule has 0 aromatic rings. The third-order valence-corrected chi connectivity index (χ3v) is 3.99. The van der Waals surface area contributed by atoms with Crippen LogP contribution in [0.5, 0.6) is 0 Å². The van der Waals surface area contributed by atoms with Crippen molar-refractivity contribution in [1.82, 2.24) is 4.90 Å². The van der Waals surface area contributed by atoms with Crippen molar-refractivity contribution in [2.75, 3.05) is 7.05 Å². The molecule has 2 atom stereocenters. The van der Waals surface area contributed by atoms with E-state index in [4.69, 9.17) is 0 Å². The van der Waals surface area contributed by atoms with E-state index in [-0.39, 0.29) is 5.12 Å². The van der Waals surface area contributed by atoms with Crippen molar-refractivity contribution in [3.63, 3.8) is 0 Å². The minimum Gasteiger partial charge on any atom is -0.293 e. The van der Waals surface area contributed by atoms with E-state index in [0.29, 0.717) is 17.3 Å². The van der Waals surface area contributed by atoms with Gasteiger partial charge in [-0.1, -0.05) is 23.9 Å². The molecule has 0 aromatic carbocycles. The molecule has 0 N–H and O–H groups in total. The van der Waals surface area contributed by atoms with Crippen LogP contribution in [0.15, 0.2) is 12.2 Å². The fourth-order valence-corrected chi connectivity index (χ4v) is 3.29. The Kier molecular flexibility index (Phi) is 2.47. The number of likely N-dealkylation sites (N-methyl/N-ethyl adjacent to an activating group) is 1. The molecule has 3 heteroatoms. The van der Waals surface area contributed by atoms with E-state index in [2.05, 4.69) is 24.1 Å². The molecule has 0 aromatic heterocycles. The zero-order valence-corrected chi connectivity index (χ0v) is 8.88. The van der Waals surface area contributed by atoms with Crippen molar-refractivity contribution in [3.8, 4) is 0 Å². The Bertz CT molecular complexity index is 235. The number of nitrogens with zero attached hydrogens (tertiary/aromatic N) is 1. The average molecular weight is 197 g/mol. The van der Waals surface area contributed by atoms with Crippen molar-refractivity contribution in [3.05, 3.63) is 12.2 Å². The van der Waals surface area contributed by atoms with Crippen molar-refractivity contribution in [2.45, 2.75) is 37.1 Å². The molecule has 2 nitrogen and oxygen atoms in total. The van der Waals surface area contributed by atoms with Crippen molar-refractivity contribution >= 4 is 16.9 Å². The molecule has 72 valence electrons. The van der Waals surface area contributed by atoms with Gasteiger partial charge in [-0.15, -0.1) is 0 Å². The summed E-state index contributed by atoms with van der Waals surface area (Å²) in [5.74, 6) is 0. The largest absolute Gasteiger partial charge is 0.293 e. The molecule has 0 spiro atoms. The van der Waals surface area contributed by atoms with Crippen LogP contribution in [-0.2, 0) is 4.79 Å². The van der Waals surface area contributed by atoms with Gasteiger partial charge in [-0.2, -0.15) is 0 Å². The number of fused-ring (bicyclic) bond motifs is 2. The number of hydrogen-bond donors (Lipinski definition) is 0. The van der Waals surface area contributed by atoms with Crippen molar-refractivity contribution < 1.29 is 4.79 Å². The van der Waals surface area contributed by atoms with Gasteiger partial charge in [-0.3, -0.25) is 9.69 Å². The van der Waals surface area contributed by atoms with Crippen LogP contribution in [0.2, 0.25) is 0 Å². The summed E-state index contributed by atoms with van der Waals surface area (Å²) in [6.07, 6.45) is 6.83. The summed E-state index contributed by atoms with van der Waals surface area (Å²) >= 11 is 1.52. The molecule has 2 bridgehead atoms. The maximum Gasteiger partial charge on any atom is 0.186 e. The number of thioether (sulfide) groups is 1. The van der Waals surface area contributed by atoms with E-state index in [0.717, 1.165) is 12.8 Å². The first-order valence-corrected chi connectivity index (χ1v) is 5.62. The van der Waals surface area contributed by atoms with E-state index < -0.39 is 0 Å².